The third kappa shape index (κ3) is 4.76. The zero-order chi connectivity index (χ0) is 19.4. The predicted octanol–water partition coefficient (Wildman–Crippen LogP) is 3.86. The summed E-state index contributed by atoms with van der Waals surface area (Å²) in [5, 5.41) is 0. The van der Waals surface area contributed by atoms with Gasteiger partial charge in [-0.05, 0) is 54.2 Å². The number of fused-ring (bicyclic) bond motifs is 1. The second-order valence-electron chi connectivity index (χ2n) is 7.57. The van der Waals surface area contributed by atoms with E-state index in [9.17, 15) is 9.59 Å². The second kappa shape index (κ2) is 8.38. The fourth-order valence-electron chi connectivity index (χ4n) is 3.56. The number of rotatable bonds is 7. The molecule has 2 aromatic rings. The van der Waals surface area contributed by atoms with Crippen molar-refractivity contribution in [3.8, 4) is 0 Å². The maximum Gasteiger partial charge on any atom is 0.223 e. The molecule has 1 aliphatic rings. The van der Waals surface area contributed by atoms with E-state index in [1.807, 2.05) is 55.4 Å². The summed E-state index contributed by atoms with van der Waals surface area (Å²) >= 11 is 0. The molecule has 0 unspecified atom stereocenters. The molecule has 1 amide bonds. The SMILES string of the molecule is CN(Cc1ccc(N(C)C)cc1)C(=O)CCC(=O)c1ccc2c(c1)CCC2. The summed E-state index contributed by atoms with van der Waals surface area (Å²) in [4.78, 5) is 28.6. The normalized spacial score (nSPS) is 12.6. The zero-order valence-corrected chi connectivity index (χ0v) is 16.5. The fourth-order valence-corrected chi connectivity index (χ4v) is 3.56. The van der Waals surface area contributed by atoms with Crippen LogP contribution in [0.4, 0.5) is 5.69 Å². The van der Waals surface area contributed by atoms with Gasteiger partial charge in [-0.2, -0.15) is 0 Å². The van der Waals surface area contributed by atoms with Crippen molar-refractivity contribution in [1.29, 1.82) is 0 Å². The molecule has 0 saturated heterocycles. The smallest absolute Gasteiger partial charge is 0.223 e. The van der Waals surface area contributed by atoms with Crippen LogP contribution >= 0.6 is 0 Å². The summed E-state index contributed by atoms with van der Waals surface area (Å²) in [6, 6.07) is 14.2. The largest absolute Gasteiger partial charge is 0.378 e. The molecule has 0 atom stereocenters. The maximum atomic E-state index is 12.5. The Bertz CT molecular complexity index is 825. The molecule has 2 aromatic carbocycles. The lowest BCUT2D eigenvalue weighted by molar-refractivity contribution is -0.130. The second-order valence-corrected chi connectivity index (χ2v) is 7.57. The van der Waals surface area contributed by atoms with Crippen molar-refractivity contribution < 1.29 is 9.59 Å². The van der Waals surface area contributed by atoms with Gasteiger partial charge in [0.05, 0.1) is 0 Å². The zero-order valence-electron chi connectivity index (χ0n) is 16.5. The molecule has 0 radical (unpaired) electrons. The summed E-state index contributed by atoms with van der Waals surface area (Å²) < 4.78 is 0. The minimum atomic E-state index is 0.00111. The maximum absolute atomic E-state index is 12.5. The molecule has 4 heteroatoms. The van der Waals surface area contributed by atoms with Crippen LogP contribution in [0.25, 0.3) is 0 Å². The van der Waals surface area contributed by atoms with Crippen molar-refractivity contribution in [2.24, 2.45) is 0 Å². The first kappa shape index (κ1) is 19.2. The molecule has 3 rings (SSSR count). The van der Waals surface area contributed by atoms with Crippen LogP contribution in [-0.2, 0) is 24.2 Å². The van der Waals surface area contributed by atoms with Crippen LogP contribution in [0, 0.1) is 0 Å². The molecule has 1 aliphatic carbocycles. The molecule has 0 saturated carbocycles. The number of nitrogens with zero attached hydrogens (tertiary/aromatic N) is 2. The van der Waals surface area contributed by atoms with E-state index in [4.69, 9.17) is 0 Å². The molecule has 0 aliphatic heterocycles. The van der Waals surface area contributed by atoms with Gasteiger partial charge in [-0.1, -0.05) is 24.3 Å². The van der Waals surface area contributed by atoms with E-state index in [-0.39, 0.29) is 24.5 Å². The van der Waals surface area contributed by atoms with Gasteiger partial charge < -0.3 is 9.80 Å². The molecule has 0 N–H and O–H groups in total. The average Bonchev–Trinajstić information content (AvgIpc) is 3.13. The van der Waals surface area contributed by atoms with E-state index >= 15 is 0 Å². The topological polar surface area (TPSA) is 40.6 Å². The highest BCUT2D eigenvalue weighted by Crippen LogP contribution is 2.23. The Labute approximate surface area is 161 Å². The van der Waals surface area contributed by atoms with Crippen LogP contribution in [0.2, 0.25) is 0 Å². The van der Waals surface area contributed by atoms with Crippen molar-refractivity contribution in [3.63, 3.8) is 0 Å². The average molecular weight is 364 g/mol. The lowest BCUT2D eigenvalue weighted by Crippen LogP contribution is -2.26. The van der Waals surface area contributed by atoms with Gasteiger partial charge in [0.1, 0.15) is 0 Å². The Balaban J connectivity index is 1.51. The van der Waals surface area contributed by atoms with E-state index in [1.54, 1.807) is 11.9 Å². The van der Waals surface area contributed by atoms with E-state index in [0.717, 1.165) is 29.7 Å². The van der Waals surface area contributed by atoms with Gasteiger partial charge in [0.2, 0.25) is 5.91 Å². The van der Waals surface area contributed by atoms with Crippen molar-refractivity contribution in [2.75, 3.05) is 26.0 Å². The third-order valence-electron chi connectivity index (χ3n) is 5.28. The molecule has 0 heterocycles. The van der Waals surface area contributed by atoms with Crippen molar-refractivity contribution in [2.45, 2.75) is 38.6 Å². The van der Waals surface area contributed by atoms with Crippen molar-refractivity contribution >= 4 is 17.4 Å². The molecule has 142 valence electrons. The number of benzene rings is 2. The van der Waals surface area contributed by atoms with Crippen LogP contribution in [-0.4, -0.2) is 37.7 Å². The number of Topliss-reactive ketones (excluding diaryl/α,β-unsaturated/α-hetero) is 1. The minimum Gasteiger partial charge on any atom is -0.378 e. The third-order valence-corrected chi connectivity index (χ3v) is 5.28. The van der Waals surface area contributed by atoms with Crippen LogP contribution in [0.3, 0.4) is 0 Å². The first-order valence-corrected chi connectivity index (χ1v) is 9.59. The van der Waals surface area contributed by atoms with Gasteiger partial charge in [-0.15, -0.1) is 0 Å². The lowest BCUT2D eigenvalue weighted by Gasteiger charge is -2.18. The summed E-state index contributed by atoms with van der Waals surface area (Å²) in [7, 11) is 5.80. The highest BCUT2D eigenvalue weighted by Gasteiger charge is 2.16. The van der Waals surface area contributed by atoms with Crippen molar-refractivity contribution in [1.82, 2.24) is 4.90 Å². The monoisotopic (exact) mass is 364 g/mol. The van der Waals surface area contributed by atoms with E-state index in [0.29, 0.717) is 6.54 Å². The van der Waals surface area contributed by atoms with Gasteiger partial charge in [-0.3, -0.25) is 9.59 Å². The molecule has 0 fully saturated rings. The van der Waals surface area contributed by atoms with E-state index in [2.05, 4.69) is 6.07 Å². The molecule has 27 heavy (non-hydrogen) atoms. The van der Waals surface area contributed by atoms with Gasteiger partial charge in [0.25, 0.3) is 0 Å². The molecule has 0 bridgehead atoms. The van der Waals surface area contributed by atoms with Crippen LogP contribution in [0.1, 0.15) is 46.3 Å². The summed E-state index contributed by atoms with van der Waals surface area (Å²) in [5.41, 5.74) is 5.62. The van der Waals surface area contributed by atoms with Crippen LogP contribution in [0.15, 0.2) is 42.5 Å². The summed E-state index contributed by atoms with van der Waals surface area (Å²) in [6.07, 6.45) is 3.86. The number of hydrogen-bond donors (Lipinski definition) is 0. The number of ketones is 1. The number of anilines is 1. The van der Waals surface area contributed by atoms with E-state index in [1.165, 1.54) is 17.5 Å². The highest BCUT2D eigenvalue weighted by atomic mass is 16.2. The minimum absolute atomic E-state index is 0.00111. The standard InChI is InChI=1S/C23H28N2O2/c1-24(2)21-11-7-17(8-12-21)16-25(3)23(27)14-13-22(26)20-10-9-18-5-4-6-19(18)15-20/h7-12,15H,4-6,13-14,16H2,1-3H3. The van der Waals surface area contributed by atoms with Gasteiger partial charge >= 0.3 is 0 Å². The Hall–Kier alpha value is -2.62. The highest BCUT2D eigenvalue weighted by molar-refractivity contribution is 5.98. The summed E-state index contributed by atoms with van der Waals surface area (Å²) in [5.74, 6) is 0.0583. The lowest BCUT2D eigenvalue weighted by atomic mass is 10.0. The molecule has 0 spiro atoms. The van der Waals surface area contributed by atoms with Gasteiger partial charge in [0, 0.05) is 51.8 Å². The van der Waals surface area contributed by atoms with Gasteiger partial charge in [-0.25, -0.2) is 0 Å². The number of aryl methyl sites for hydroxylation is 2. The number of carbonyl (C=O) groups excluding carboxylic acids is 2. The first-order valence-electron chi connectivity index (χ1n) is 9.59. The first-order chi connectivity index (χ1) is 12.9. The Kier molecular flexibility index (Phi) is 5.94. The molecule has 0 aromatic heterocycles. The van der Waals surface area contributed by atoms with Crippen LogP contribution in [0.5, 0.6) is 0 Å². The molecule has 4 nitrogen and oxygen atoms in total. The quantitative estimate of drug-likeness (QED) is 0.701. The Morgan fingerprint density at radius 2 is 1.59 bits per heavy atom. The van der Waals surface area contributed by atoms with E-state index < -0.39 is 0 Å². The number of carbonyl (C=O) groups is 2. The Morgan fingerprint density at radius 1 is 0.889 bits per heavy atom. The fraction of sp³-hybridized carbons (Fsp3) is 0.391. The van der Waals surface area contributed by atoms with Crippen LogP contribution < -0.4 is 4.90 Å². The number of hydrogen-bond acceptors (Lipinski definition) is 3. The molecular weight excluding hydrogens is 336 g/mol. The van der Waals surface area contributed by atoms with Gasteiger partial charge in [0.15, 0.2) is 5.78 Å². The number of amides is 1. The van der Waals surface area contributed by atoms with Crippen molar-refractivity contribution in [3.05, 3.63) is 64.7 Å². The predicted molar refractivity (Wildman–Crippen MR) is 109 cm³/mol. The Morgan fingerprint density at radius 3 is 2.30 bits per heavy atom. The summed E-state index contributed by atoms with van der Waals surface area (Å²) in [6.45, 7) is 0.555. The molecular formula is C23H28N2O2.